The van der Waals surface area contributed by atoms with Crippen LogP contribution >= 0.6 is 43.6 Å². The van der Waals surface area contributed by atoms with Crippen LogP contribution in [0.5, 0.6) is 11.5 Å². The van der Waals surface area contributed by atoms with Gasteiger partial charge >= 0.3 is 0 Å². The van der Waals surface area contributed by atoms with Crippen LogP contribution in [-0.2, 0) is 11.4 Å². The van der Waals surface area contributed by atoms with E-state index in [4.69, 9.17) is 9.47 Å². The van der Waals surface area contributed by atoms with Crippen LogP contribution in [0.15, 0.2) is 50.2 Å². The number of nitrogens with zero attached hydrogens (tertiary/aromatic N) is 1. The molecule has 1 aliphatic heterocycles. The lowest BCUT2D eigenvalue weighted by Crippen LogP contribution is -2.36. The first-order valence-corrected chi connectivity index (χ1v) is 11.8. The number of amides is 2. The SMILES string of the molecule is CC[C@@H](C)N1C(=O)S/C(=C/c2cc(OC)c(OCc3ccc(Br)cc3)cc2Br)C1=O. The number of hydrogen-bond acceptors (Lipinski definition) is 5. The molecule has 0 aromatic heterocycles. The summed E-state index contributed by atoms with van der Waals surface area (Å²) in [6, 6.07) is 11.3. The minimum atomic E-state index is -0.263. The van der Waals surface area contributed by atoms with Crippen molar-refractivity contribution < 1.29 is 19.1 Å². The van der Waals surface area contributed by atoms with Gasteiger partial charge in [0.15, 0.2) is 11.5 Å². The van der Waals surface area contributed by atoms with E-state index in [-0.39, 0.29) is 17.2 Å². The molecular weight excluding hydrogens is 534 g/mol. The van der Waals surface area contributed by atoms with Gasteiger partial charge in [-0.2, -0.15) is 0 Å². The highest BCUT2D eigenvalue weighted by Crippen LogP contribution is 2.39. The molecule has 0 unspecified atom stereocenters. The lowest BCUT2D eigenvalue weighted by Gasteiger charge is -2.19. The average molecular weight is 555 g/mol. The molecular formula is C22H21Br2NO4S. The number of ether oxygens (including phenoxy) is 2. The molecule has 1 heterocycles. The summed E-state index contributed by atoms with van der Waals surface area (Å²) < 4.78 is 13.2. The molecule has 0 radical (unpaired) electrons. The number of carbonyl (C=O) groups is 2. The number of imide groups is 1. The standard InChI is InChI=1S/C22H21Br2NO4S/c1-4-13(2)25-21(26)20(30-22(25)27)10-15-9-18(28-3)19(11-17(15)24)29-12-14-5-7-16(23)8-6-14/h5-11,13H,4,12H2,1-3H3/b20-10+/t13-/m1/s1. The molecule has 0 saturated carbocycles. The summed E-state index contributed by atoms with van der Waals surface area (Å²) in [7, 11) is 1.57. The third-order valence-corrected chi connectivity index (χ3v) is 6.83. The van der Waals surface area contributed by atoms with Gasteiger partial charge in [-0.15, -0.1) is 0 Å². The molecule has 8 heteroatoms. The minimum absolute atomic E-state index is 0.129. The summed E-state index contributed by atoms with van der Waals surface area (Å²) in [6.45, 7) is 4.21. The first-order valence-electron chi connectivity index (χ1n) is 9.35. The fraction of sp³-hybridized carbons (Fsp3) is 0.273. The summed E-state index contributed by atoms with van der Waals surface area (Å²) in [4.78, 5) is 26.6. The van der Waals surface area contributed by atoms with Crippen LogP contribution in [0.3, 0.4) is 0 Å². The molecule has 0 aliphatic carbocycles. The molecule has 2 amide bonds. The zero-order valence-corrected chi connectivity index (χ0v) is 20.8. The zero-order valence-electron chi connectivity index (χ0n) is 16.8. The molecule has 2 aromatic carbocycles. The number of carbonyl (C=O) groups excluding carboxylic acids is 2. The molecule has 0 bridgehead atoms. The van der Waals surface area contributed by atoms with E-state index < -0.39 is 0 Å². The normalized spacial score (nSPS) is 16.3. The van der Waals surface area contributed by atoms with Crippen LogP contribution in [0.25, 0.3) is 6.08 Å². The number of hydrogen-bond donors (Lipinski definition) is 0. The van der Waals surface area contributed by atoms with Gasteiger partial charge in [-0.25, -0.2) is 0 Å². The maximum atomic E-state index is 12.7. The maximum Gasteiger partial charge on any atom is 0.293 e. The van der Waals surface area contributed by atoms with Gasteiger partial charge in [0.1, 0.15) is 6.61 Å². The van der Waals surface area contributed by atoms with Gasteiger partial charge in [-0.1, -0.05) is 50.9 Å². The van der Waals surface area contributed by atoms with Crippen LogP contribution in [0, 0.1) is 0 Å². The summed E-state index contributed by atoms with van der Waals surface area (Å²) >= 11 is 7.92. The Morgan fingerprint density at radius 2 is 1.83 bits per heavy atom. The quantitative estimate of drug-likeness (QED) is 0.359. The lowest BCUT2D eigenvalue weighted by atomic mass is 10.1. The second kappa shape index (κ2) is 10.0. The van der Waals surface area contributed by atoms with Crippen molar-refractivity contribution in [2.45, 2.75) is 32.9 Å². The molecule has 1 saturated heterocycles. The van der Waals surface area contributed by atoms with E-state index in [0.29, 0.717) is 29.4 Å². The first-order chi connectivity index (χ1) is 14.3. The van der Waals surface area contributed by atoms with Crippen LogP contribution in [0.1, 0.15) is 31.4 Å². The largest absolute Gasteiger partial charge is 0.493 e. The Kier molecular flexibility index (Phi) is 7.65. The Balaban J connectivity index is 1.83. The van der Waals surface area contributed by atoms with Gasteiger partial charge in [0.2, 0.25) is 0 Å². The van der Waals surface area contributed by atoms with Crippen molar-refractivity contribution in [2.24, 2.45) is 0 Å². The van der Waals surface area contributed by atoms with E-state index in [1.54, 1.807) is 19.3 Å². The number of rotatable bonds is 7. The summed E-state index contributed by atoms with van der Waals surface area (Å²) in [6.07, 6.45) is 2.42. The van der Waals surface area contributed by atoms with E-state index in [1.165, 1.54) is 4.90 Å². The smallest absolute Gasteiger partial charge is 0.293 e. The van der Waals surface area contributed by atoms with E-state index in [9.17, 15) is 9.59 Å². The van der Waals surface area contributed by atoms with E-state index in [2.05, 4.69) is 31.9 Å². The number of benzene rings is 2. The van der Waals surface area contributed by atoms with Gasteiger partial charge in [0, 0.05) is 15.0 Å². The molecule has 0 N–H and O–H groups in total. The summed E-state index contributed by atoms with van der Waals surface area (Å²) in [5.74, 6) is 0.862. The first kappa shape index (κ1) is 22.9. The van der Waals surface area contributed by atoms with E-state index >= 15 is 0 Å². The fourth-order valence-electron chi connectivity index (χ4n) is 2.86. The van der Waals surface area contributed by atoms with E-state index in [0.717, 1.165) is 31.8 Å². The highest BCUT2D eigenvalue weighted by atomic mass is 79.9. The molecule has 3 rings (SSSR count). The van der Waals surface area contributed by atoms with Crippen LogP contribution in [0.4, 0.5) is 4.79 Å². The highest BCUT2D eigenvalue weighted by Gasteiger charge is 2.37. The molecule has 5 nitrogen and oxygen atoms in total. The van der Waals surface area contributed by atoms with Crippen molar-refractivity contribution in [1.82, 2.24) is 4.90 Å². The van der Waals surface area contributed by atoms with Crippen LogP contribution < -0.4 is 9.47 Å². The Labute approximate surface area is 197 Å². The Morgan fingerprint density at radius 1 is 1.13 bits per heavy atom. The summed E-state index contributed by atoms with van der Waals surface area (Å²) in [5.41, 5.74) is 1.76. The molecule has 30 heavy (non-hydrogen) atoms. The molecule has 1 fully saturated rings. The molecule has 1 aliphatic rings. The number of methoxy groups -OCH3 is 1. The minimum Gasteiger partial charge on any atom is -0.493 e. The molecule has 0 spiro atoms. The fourth-order valence-corrected chi connectivity index (χ4v) is 4.48. The van der Waals surface area contributed by atoms with Crippen molar-refractivity contribution in [1.29, 1.82) is 0 Å². The average Bonchev–Trinajstić information content (AvgIpc) is 3.01. The number of thioether (sulfide) groups is 1. The van der Waals surface area contributed by atoms with Gasteiger partial charge in [0.05, 0.1) is 12.0 Å². The van der Waals surface area contributed by atoms with Gasteiger partial charge in [-0.05, 0) is 66.6 Å². The summed E-state index contributed by atoms with van der Waals surface area (Å²) in [5, 5.41) is -0.238. The van der Waals surface area contributed by atoms with Gasteiger partial charge in [-0.3, -0.25) is 14.5 Å². The van der Waals surface area contributed by atoms with Crippen molar-refractivity contribution in [3.8, 4) is 11.5 Å². The van der Waals surface area contributed by atoms with Crippen molar-refractivity contribution in [3.63, 3.8) is 0 Å². The van der Waals surface area contributed by atoms with E-state index in [1.807, 2.05) is 44.2 Å². The predicted octanol–water partition coefficient (Wildman–Crippen LogP) is 6.63. The Morgan fingerprint density at radius 3 is 2.47 bits per heavy atom. The topological polar surface area (TPSA) is 55.8 Å². The van der Waals surface area contributed by atoms with Crippen molar-refractivity contribution in [3.05, 3.63) is 61.4 Å². The third kappa shape index (κ3) is 5.10. The molecule has 1 atom stereocenters. The second-order valence-electron chi connectivity index (χ2n) is 6.75. The third-order valence-electron chi connectivity index (χ3n) is 4.73. The zero-order chi connectivity index (χ0) is 21.8. The lowest BCUT2D eigenvalue weighted by molar-refractivity contribution is -0.124. The Hall–Kier alpha value is -1.77. The van der Waals surface area contributed by atoms with Crippen molar-refractivity contribution >= 4 is 60.8 Å². The van der Waals surface area contributed by atoms with Gasteiger partial charge < -0.3 is 9.47 Å². The molecule has 2 aromatic rings. The van der Waals surface area contributed by atoms with Crippen LogP contribution in [-0.4, -0.2) is 29.2 Å². The monoisotopic (exact) mass is 553 g/mol. The highest BCUT2D eigenvalue weighted by molar-refractivity contribution is 9.10. The predicted molar refractivity (Wildman–Crippen MR) is 127 cm³/mol. The Bertz CT molecular complexity index is 991. The maximum absolute atomic E-state index is 12.7. The van der Waals surface area contributed by atoms with Gasteiger partial charge in [0.25, 0.3) is 11.1 Å². The second-order valence-corrected chi connectivity index (χ2v) is 9.51. The number of halogens is 2. The van der Waals surface area contributed by atoms with Crippen LogP contribution in [0.2, 0.25) is 0 Å². The van der Waals surface area contributed by atoms with Crippen molar-refractivity contribution in [2.75, 3.05) is 7.11 Å². The molecule has 158 valence electrons.